The fraction of sp³-hybridized carbons (Fsp3) is 0.118. The number of fused-ring (bicyclic) bond motifs is 1. The quantitative estimate of drug-likeness (QED) is 0.554. The van der Waals surface area contributed by atoms with E-state index in [0.717, 1.165) is 32.5 Å². The molecule has 2 aromatic carbocycles. The van der Waals surface area contributed by atoms with Crippen molar-refractivity contribution < 1.29 is 0 Å². The van der Waals surface area contributed by atoms with Gasteiger partial charge in [0, 0.05) is 4.47 Å². The maximum Gasteiger partial charge on any atom is 0.168 e. The number of halogens is 1. The number of hydrazone groups is 1. The monoisotopic (exact) mass is 354 g/mol. The molecular formula is C17H15BrN4. The van der Waals surface area contributed by atoms with E-state index < -0.39 is 0 Å². The predicted molar refractivity (Wildman–Crippen MR) is 94.3 cm³/mol. The molecule has 22 heavy (non-hydrogen) atoms. The van der Waals surface area contributed by atoms with Crippen LogP contribution in [0.2, 0.25) is 0 Å². The Kier molecular flexibility index (Phi) is 4.15. The summed E-state index contributed by atoms with van der Waals surface area (Å²) in [5.74, 6) is 0.676. The molecule has 0 aliphatic rings. The van der Waals surface area contributed by atoms with Crippen molar-refractivity contribution >= 4 is 38.5 Å². The molecular weight excluding hydrogens is 340 g/mol. The predicted octanol–water partition coefficient (Wildman–Crippen LogP) is 4.54. The zero-order valence-corrected chi connectivity index (χ0v) is 13.9. The lowest BCUT2D eigenvalue weighted by Gasteiger charge is -2.07. The van der Waals surface area contributed by atoms with Crippen molar-refractivity contribution in [1.29, 1.82) is 0 Å². The van der Waals surface area contributed by atoms with E-state index in [-0.39, 0.29) is 0 Å². The molecule has 0 saturated heterocycles. The van der Waals surface area contributed by atoms with E-state index in [0.29, 0.717) is 5.82 Å². The van der Waals surface area contributed by atoms with Gasteiger partial charge in [-0.3, -0.25) is 5.43 Å². The van der Waals surface area contributed by atoms with Gasteiger partial charge in [-0.1, -0.05) is 40.2 Å². The Morgan fingerprint density at radius 2 is 1.64 bits per heavy atom. The van der Waals surface area contributed by atoms with E-state index in [1.807, 2.05) is 62.4 Å². The normalized spacial score (nSPS) is 11.7. The summed E-state index contributed by atoms with van der Waals surface area (Å²) >= 11 is 3.43. The van der Waals surface area contributed by atoms with Crippen LogP contribution < -0.4 is 5.43 Å². The molecule has 0 fully saturated rings. The first kappa shape index (κ1) is 14.7. The molecule has 0 amide bonds. The van der Waals surface area contributed by atoms with Crippen LogP contribution in [0.3, 0.4) is 0 Å². The topological polar surface area (TPSA) is 50.2 Å². The summed E-state index contributed by atoms with van der Waals surface area (Å²) in [6, 6.07) is 15.8. The smallest absolute Gasteiger partial charge is 0.168 e. The van der Waals surface area contributed by atoms with Crippen LogP contribution in [-0.2, 0) is 0 Å². The molecule has 0 aliphatic carbocycles. The first-order valence-electron chi connectivity index (χ1n) is 6.93. The third kappa shape index (κ3) is 3.14. The lowest BCUT2D eigenvalue weighted by Crippen LogP contribution is -2.03. The van der Waals surface area contributed by atoms with E-state index >= 15 is 0 Å². The SMILES string of the molecule is C/C(=N/Nc1nc2ccccc2nc1C)c1ccc(Br)cc1. The number of hydrogen-bond donors (Lipinski definition) is 1. The van der Waals surface area contributed by atoms with Crippen molar-refractivity contribution in [2.45, 2.75) is 13.8 Å². The minimum absolute atomic E-state index is 0.676. The number of nitrogens with zero attached hydrogens (tertiary/aromatic N) is 3. The number of benzene rings is 2. The van der Waals surface area contributed by atoms with Gasteiger partial charge in [0.1, 0.15) is 0 Å². The van der Waals surface area contributed by atoms with Gasteiger partial charge in [-0.25, -0.2) is 9.97 Å². The van der Waals surface area contributed by atoms with Gasteiger partial charge in [0.15, 0.2) is 5.82 Å². The molecule has 3 rings (SSSR count). The Hall–Kier alpha value is -2.27. The number of nitrogens with one attached hydrogen (secondary N) is 1. The molecule has 0 spiro atoms. The molecule has 4 nitrogen and oxygen atoms in total. The number of para-hydroxylation sites is 2. The molecule has 0 saturated carbocycles. The first-order valence-corrected chi connectivity index (χ1v) is 7.72. The van der Waals surface area contributed by atoms with Gasteiger partial charge in [-0.05, 0) is 43.7 Å². The highest BCUT2D eigenvalue weighted by molar-refractivity contribution is 9.10. The third-order valence-corrected chi connectivity index (χ3v) is 3.87. The van der Waals surface area contributed by atoms with E-state index in [9.17, 15) is 0 Å². The first-order chi connectivity index (χ1) is 10.6. The summed E-state index contributed by atoms with van der Waals surface area (Å²) in [5, 5.41) is 4.41. The second-order valence-electron chi connectivity index (χ2n) is 4.96. The lowest BCUT2D eigenvalue weighted by molar-refractivity contribution is 1.14. The van der Waals surface area contributed by atoms with Crippen LogP contribution in [0.4, 0.5) is 5.82 Å². The average molecular weight is 355 g/mol. The van der Waals surface area contributed by atoms with Crippen LogP contribution in [0.15, 0.2) is 58.1 Å². The van der Waals surface area contributed by atoms with Crippen molar-refractivity contribution in [1.82, 2.24) is 9.97 Å². The summed E-state index contributed by atoms with van der Waals surface area (Å²) in [5.41, 5.74) is 7.54. The maximum absolute atomic E-state index is 4.57. The number of aryl methyl sites for hydroxylation is 1. The highest BCUT2D eigenvalue weighted by Gasteiger charge is 2.04. The van der Waals surface area contributed by atoms with E-state index in [1.54, 1.807) is 0 Å². The highest BCUT2D eigenvalue weighted by atomic mass is 79.9. The molecule has 0 radical (unpaired) electrons. The van der Waals surface area contributed by atoms with Gasteiger partial charge in [0.2, 0.25) is 0 Å². The number of rotatable bonds is 3. The molecule has 0 bridgehead atoms. The summed E-state index contributed by atoms with van der Waals surface area (Å²) in [6.45, 7) is 3.88. The maximum atomic E-state index is 4.57. The van der Waals surface area contributed by atoms with Crippen molar-refractivity contribution in [3.63, 3.8) is 0 Å². The van der Waals surface area contributed by atoms with Crippen molar-refractivity contribution in [3.05, 3.63) is 64.3 Å². The second-order valence-corrected chi connectivity index (χ2v) is 5.88. The third-order valence-electron chi connectivity index (χ3n) is 3.34. The number of aromatic nitrogens is 2. The molecule has 0 atom stereocenters. The largest absolute Gasteiger partial charge is 0.260 e. The summed E-state index contributed by atoms with van der Waals surface area (Å²) in [4.78, 5) is 9.10. The molecule has 0 aliphatic heterocycles. The van der Waals surface area contributed by atoms with Gasteiger partial charge in [-0.15, -0.1) is 0 Å². The average Bonchev–Trinajstić information content (AvgIpc) is 2.53. The van der Waals surface area contributed by atoms with Crippen molar-refractivity contribution in [2.75, 3.05) is 5.43 Å². The second kappa shape index (κ2) is 6.23. The number of anilines is 1. The van der Waals surface area contributed by atoms with Gasteiger partial charge in [0.25, 0.3) is 0 Å². The molecule has 1 heterocycles. The Labute approximate surface area is 137 Å². The fourth-order valence-electron chi connectivity index (χ4n) is 2.09. The fourth-order valence-corrected chi connectivity index (χ4v) is 2.35. The summed E-state index contributed by atoms with van der Waals surface area (Å²) in [6.07, 6.45) is 0. The van der Waals surface area contributed by atoms with Crippen molar-refractivity contribution in [3.8, 4) is 0 Å². The Balaban J connectivity index is 1.87. The lowest BCUT2D eigenvalue weighted by atomic mass is 10.1. The van der Waals surface area contributed by atoms with E-state index in [4.69, 9.17) is 0 Å². The van der Waals surface area contributed by atoms with E-state index in [2.05, 4.69) is 36.4 Å². The highest BCUT2D eigenvalue weighted by Crippen LogP contribution is 2.16. The number of hydrogen-bond acceptors (Lipinski definition) is 4. The molecule has 5 heteroatoms. The summed E-state index contributed by atoms with van der Waals surface area (Å²) < 4.78 is 1.05. The molecule has 1 aromatic heterocycles. The van der Waals surface area contributed by atoms with Gasteiger partial charge < -0.3 is 0 Å². The Morgan fingerprint density at radius 1 is 1.00 bits per heavy atom. The van der Waals surface area contributed by atoms with Crippen LogP contribution in [0, 0.1) is 6.92 Å². The van der Waals surface area contributed by atoms with Gasteiger partial charge in [0.05, 0.1) is 22.4 Å². The van der Waals surface area contributed by atoms with Crippen LogP contribution >= 0.6 is 15.9 Å². The molecule has 110 valence electrons. The molecule has 0 unspecified atom stereocenters. The molecule has 1 N–H and O–H groups in total. The minimum Gasteiger partial charge on any atom is -0.260 e. The molecule has 3 aromatic rings. The van der Waals surface area contributed by atoms with Crippen molar-refractivity contribution in [2.24, 2.45) is 5.10 Å². The minimum atomic E-state index is 0.676. The van der Waals surface area contributed by atoms with E-state index in [1.165, 1.54) is 0 Å². The summed E-state index contributed by atoms with van der Waals surface area (Å²) in [7, 11) is 0. The van der Waals surface area contributed by atoms with Crippen LogP contribution in [0.25, 0.3) is 11.0 Å². The zero-order chi connectivity index (χ0) is 15.5. The van der Waals surface area contributed by atoms with Gasteiger partial charge in [-0.2, -0.15) is 5.10 Å². The Morgan fingerprint density at radius 3 is 2.32 bits per heavy atom. The van der Waals surface area contributed by atoms with Crippen LogP contribution in [0.1, 0.15) is 18.2 Å². The van der Waals surface area contributed by atoms with Gasteiger partial charge >= 0.3 is 0 Å². The van der Waals surface area contributed by atoms with Crippen LogP contribution in [-0.4, -0.2) is 15.7 Å². The standard InChI is InChI=1S/C17H15BrN4/c1-11(13-7-9-14(18)10-8-13)21-22-17-12(2)19-15-5-3-4-6-16(15)20-17/h3-10H,1-2H3,(H,20,22)/b21-11-. The Bertz CT molecular complexity index is 841. The van der Waals surface area contributed by atoms with Crippen LogP contribution in [0.5, 0.6) is 0 Å². The zero-order valence-electron chi connectivity index (χ0n) is 12.3.